The number of carbonyl (C=O) groups excluding carboxylic acids is 2. The van der Waals surface area contributed by atoms with Crippen molar-refractivity contribution >= 4 is 18.0 Å². The second-order valence-electron chi connectivity index (χ2n) is 6.42. The van der Waals surface area contributed by atoms with Crippen LogP contribution in [0.5, 0.6) is 0 Å². The van der Waals surface area contributed by atoms with Gasteiger partial charge in [-0.15, -0.1) is 0 Å². The minimum absolute atomic E-state index is 0.157. The lowest BCUT2D eigenvalue weighted by molar-refractivity contribution is 0.0481. The Kier molecular flexibility index (Phi) is 7.77. The maximum atomic E-state index is 12.1. The Labute approximate surface area is 160 Å². The number of ether oxygens (including phenoxy) is 1. The van der Waals surface area contributed by atoms with Crippen molar-refractivity contribution < 1.29 is 14.3 Å². The zero-order chi connectivity index (χ0) is 19.6. The first-order valence-electron chi connectivity index (χ1n) is 8.98. The van der Waals surface area contributed by atoms with Gasteiger partial charge in [-0.2, -0.15) is 0 Å². The molecular weight excluding hydrogens is 340 g/mol. The highest BCUT2D eigenvalue weighted by atomic mass is 16.5. The molecule has 5 heteroatoms. The molecule has 142 valence electrons. The van der Waals surface area contributed by atoms with Crippen LogP contribution in [-0.2, 0) is 11.2 Å². The number of esters is 1. The van der Waals surface area contributed by atoms with Crippen LogP contribution in [0.15, 0.2) is 54.7 Å². The van der Waals surface area contributed by atoms with Crippen molar-refractivity contribution in [3.63, 3.8) is 0 Å². The number of nitrogens with zero attached hydrogens (tertiary/aromatic N) is 1. The second-order valence-corrected chi connectivity index (χ2v) is 6.42. The molecule has 0 aliphatic rings. The third-order valence-electron chi connectivity index (χ3n) is 4.03. The maximum absolute atomic E-state index is 12.1. The van der Waals surface area contributed by atoms with Crippen LogP contribution in [0.3, 0.4) is 0 Å². The third kappa shape index (κ3) is 6.72. The van der Waals surface area contributed by atoms with Crippen LogP contribution in [0.4, 0.5) is 0 Å². The summed E-state index contributed by atoms with van der Waals surface area (Å²) in [6, 6.07) is 14.6. The van der Waals surface area contributed by atoms with E-state index in [1.165, 1.54) is 5.56 Å². The topological polar surface area (TPSA) is 58.6 Å². The molecule has 0 atom stereocenters. The molecule has 0 unspecified atom stereocenters. The van der Waals surface area contributed by atoms with Crippen LogP contribution >= 0.6 is 0 Å². The number of carbonyl (C=O) groups is 2. The summed E-state index contributed by atoms with van der Waals surface area (Å²) in [7, 11) is 3.85. The fraction of sp³-hybridized carbons (Fsp3) is 0.273. The lowest BCUT2D eigenvalue weighted by atomic mass is 10.1. The Hall–Kier alpha value is -2.92. The molecule has 5 nitrogen and oxygen atoms in total. The first-order chi connectivity index (χ1) is 13.0. The SMILES string of the molecule is CCc1ccc(C(=O)N/C=C/c2ccc(C(=O)OCCN(C)C)cc2)cc1. The van der Waals surface area contributed by atoms with E-state index < -0.39 is 0 Å². The van der Waals surface area contributed by atoms with Gasteiger partial charge in [-0.05, 0) is 62.0 Å². The fourth-order valence-electron chi connectivity index (χ4n) is 2.32. The average Bonchev–Trinajstić information content (AvgIpc) is 2.68. The molecule has 0 aliphatic carbocycles. The van der Waals surface area contributed by atoms with E-state index in [-0.39, 0.29) is 11.9 Å². The van der Waals surface area contributed by atoms with E-state index in [1.807, 2.05) is 43.3 Å². The third-order valence-corrected chi connectivity index (χ3v) is 4.03. The van der Waals surface area contributed by atoms with Crippen molar-refractivity contribution in [2.24, 2.45) is 0 Å². The Balaban J connectivity index is 1.86. The lowest BCUT2D eigenvalue weighted by Gasteiger charge is -2.09. The summed E-state index contributed by atoms with van der Waals surface area (Å²) in [4.78, 5) is 26.0. The molecule has 1 N–H and O–H groups in total. The molecule has 2 rings (SSSR count). The highest BCUT2D eigenvalue weighted by Crippen LogP contribution is 2.08. The number of rotatable bonds is 8. The van der Waals surface area contributed by atoms with Crippen molar-refractivity contribution in [1.29, 1.82) is 0 Å². The minimum atomic E-state index is -0.337. The maximum Gasteiger partial charge on any atom is 0.338 e. The highest BCUT2D eigenvalue weighted by molar-refractivity contribution is 5.95. The largest absolute Gasteiger partial charge is 0.461 e. The van der Waals surface area contributed by atoms with Gasteiger partial charge >= 0.3 is 5.97 Å². The van der Waals surface area contributed by atoms with Gasteiger partial charge in [0, 0.05) is 18.3 Å². The van der Waals surface area contributed by atoms with Gasteiger partial charge in [0.2, 0.25) is 0 Å². The predicted octanol–water partition coefficient (Wildman–Crippen LogP) is 3.37. The van der Waals surface area contributed by atoms with Crippen molar-refractivity contribution in [2.75, 3.05) is 27.2 Å². The summed E-state index contributed by atoms with van der Waals surface area (Å²) in [5.74, 6) is -0.494. The van der Waals surface area contributed by atoms with Gasteiger partial charge in [-0.1, -0.05) is 31.2 Å². The summed E-state index contributed by atoms with van der Waals surface area (Å²) in [6.07, 6.45) is 4.32. The van der Waals surface area contributed by atoms with E-state index in [2.05, 4.69) is 12.2 Å². The first kappa shape index (κ1) is 20.4. The number of hydrogen-bond acceptors (Lipinski definition) is 4. The van der Waals surface area contributed by atoms with E-state index in [1.54, 1.807) is 36.5 Å². The zero-order valence-corrected chi connectivity index (χ0v) is 16.1. The fourth-order valence-corrected chi connectivity index (χ4v) is 2.32. The van der Waals surface area contributed by atoms with Crippen LogP contribution in [0.1, 0.15) is 38.8 Å². The predicted molar refractivity (Wildman–Crippen MR) is 108 cm³/mol. The Morgan fingerprint density at radius 1 is 1.00 bits per heavy atom. The Bertz CT molecular complexity index is 778. The van der Waals surface area contributed by atoms with Crippen molar-refractivity contribution in [1.82, 2.24) is 10.2 Å². The molecule has 0 aliphatic heterocycles. The molecule has 0 bridgehead atoms. The Morgan fingerprint density at radius 2 is 1.63 bits per heavy atom. The molecule has 2 aromatic carbocycles. The van der Waals surface area contributed by atoms with Crippen LogP contribution in [0, 0.1) is 0 Å². The van der Waals surface area contributed by atoms with Gasteiger partial charge < -0.3 is 15.0 Å². The van der Waals surface area contributed by atoms with E-state index >= 15 is 0 Å². The van der Waals surface area contributed by atoms with E-state index in [4.69, 9.17) is 4.74 Å². The zero-order valence-electron chi connectivity index (χ0n) is 16.1. The van der Waals surface area contributed by atoms with Gasteiger partial charge in [0.05, 0.1) is 5.56 Å². The van der Waals surface area contributed by atoms with Crippen molar-refractivity contribution in [3.05, 3.63) is 77.0 Å². The van der Waals surface area contributed by atoms with Crippen molar-refractivity contribution in [3.8, 4) is 0 Å². The standard InChI is InChI=1S/C22H26N2O3/c1-4-17-5-9-19(10-6-17)21(25)23-14-13-18-7-11-20(12-8-18)22(26)27-16-15-24(2)3/h5-14H,4,15-16H2,1-3H3,(H,23,25)/b14-13+. The average molecular weight is 366 g/mol. The van der Waals surface area contributed by atoms with Crippen LogP contribution in [-0.4, -0.2) is 44.0 Å². The summed E-state index contributed by atoms with van der Waals surface area (Å²) in [6.45, 7) is 3.12. The molecule has 1 amide bonds. The molecule has 0 heterocycles. The lowest BCUT2D eigenvalue weighted by Crippen LogP contribution is -2.20. The number of likely N-dealkylation sites (N-methyl/N-ethyl adjacent to an activating group) is 1. The van der Waals surface area contributed by atoms with Gasteiger partial charge in [0.25, 0.3) is 5.91 Å². The molecule has 0 saturated carbocycles. The highest BCUT2D eigenvalue weighted by Gasteiger charge is 2.06. The number of nitrogens with one attached hydrogen (secondary N) is 1. The molecule has 0 fully saturated rings. The molecule has 0 spiro atoms. The van der Waals surface area contributed by atoms with Gasteiger partial charge in [0.15, 0.2) is 0 Å². The summed E-state index contributed by atoms with van der Waals surface area (Å²) in [5, 5.41) is 2.74. The summed E-state index contributed by atoms with van der Waals surface area (Å²) >= 11 is 0. The van der Waals surface area contributed by atoms with E-state index in [0.717, 1.165) is 12.0 Å². The number of benzene rings is 2. The summed E-state index contributed by atoms with van der Waals surface area (Å²) < 4.78 is 5.20. The normalized spacial score (nSPS) is 11.0. The summed E-state index contributed by atoms with van der Waals surface area (Å²) in [5.41, 5.74) is 3.20. The van der Waals surface area contributed by atoms with E-state index in [9.17, 15) is 9.59 Å². The number of aryl methyl sites for hydroxylation is 1. The minimum Gasteiger partial charge on any atom is -0.461 e. The molecule has 27 heavy (non-hydrogen) atoms. The monoisotopic (exact) mass is 366 g/mol. The van der Waals surface area contributed by atoms with Crippen LogP contribution < -0.4 is 5.32 Å². The van der Waals surface area contributed by atoms with Crippen LogP contribution in [0.25, 0.3) is 6.08 Å². The number of amides is 1. The molecule has 0 radical (unpaired) electrons. The molecule has 0 aromatic heterocycles. The van der Waals surface area contributed by atoms with Gasteiger partial charge in [-0.3, -0.25) is 4.79 Å². The molecule has 2 aromatic rings. The smallest absolute Gasteiger partial charge is 0.338 e. The number of hydrogen-bond donors (Lipinski definition) is 1. The van der Waals surface area contributed by atoms with E-state index in [0.29, 0.717) is 24.3 Å². The van der Waals surface area contributed by atoms with Crippen LogP contribution in [0.2, 0.25) is 0 Å². The quantitative estimate of drug-likeness (QED) is 0.728. The molecular formula is C22H26N2O3. The Morgan fingerprint density at radius 3 is 2.22 bits per heavy atom. The first-order valence-corrected chi connectivity index (χ1v) is 8.98. The van der Waals surface area contributed by atoms with Gasteiger partial charge in [-0.25, -0.2) is 4.79 Å². The van der Waals surface area contributed by atoms with Gasteiger partial charge in [0.1, 0.15) is 6.61 Å². The van der Waals surface area contributed by atoms with Crippen molar-refractivity contribution in [2.45, 2.75) is 13.3 Å². The molecule has 0 saturated heterocycles. The second kappa shape index (κ2) is 10.3.